The average Bonchev–Trinajstić information content (AvgIpc) is 2.29. The first-order valence-electron chi connectivity index (χ1n) is 6.23. The number of hydrogen-bond donors (Lipinski definition) is 1. The average molecular weight is 219 g/mol. The van der Waals surface area contributed by atoms with Crippen molar-refractivity contribution in [3.8, 4) is 0 Å². The monoisotopic (exact) mass is 219 g/mol. The van der Waals surface area contributed by atoms with Gasteiger partial charge in [-0.05, 0) is 31.7 Å². The van der Waals surface area contributed by atoms with Crippen LogP contribution < -0.4 is 5.73 Å². The standard InChI is InChI=1S/C13H21N3/c1-9-3-5-11(6-4-9)13-15-10(2)7-12(8-14)16-13/h7,9,11H,3-6,8,14H2,1-2H3. The molecule has 1 fully saturated rings. The zero-order chi connectivity index (χ0) is 11.5. The van der Waals surface area contributed by atoms with Crippen LogP contribution in [-0.4, -0.2) is 9.97 Å². The second kappa shape index (κ2) is 4.91. The Morgan fingerprint density at radius 1 is 1.25 bits per heavy atom. The molecule has 16 heavy (non-hydrogen) atoms. The molecule has 0 aromatic carbocycles. The summed E-state index contributed by atoms with van der Waals surface area (Å²) in [4.78, 5) is 9.13. The first-order valence-corrected chi connectivity index (χ1v) is 6.23. The fourth-order valence-corrected chi connectivity index (χ4v) is 2.46. The Balaban J connectivity index is 2.16. The normalized spacial score (nSPS) is 25.7. The molecule has 1 aliphatic rings. The number of aromatic nitrogens is 2. The Kier molecular flexibility index (Phi) is 3.54. The zero-order valence-corrected chi connectivity index (χ0v) is 10.2. The van der Waals surface area contributed by atoms with E-state index in [9.17, 15) is 0 Å². The Labute approximate surface area is 97.5 Å². The van der Waals surface area contributed by atoms with Gasteiger partial charge in [0.05, 0.1) is 5.69 Å². The van der Waals surface area contributed by atoms with Crippen molar-refractivity contribution in [2.45, 2.75) is 52.0 Å². The van der Waals surface area contributed by atoms with Gasteiger partial charge in [-0.15, -0.1) is 0 Å². The second-order valence-corrected chi connectivity index (χ2v) is 5.02. The number of hydrogen-bond acceptors (Lipinski definition) is 3. The van der Waals surface area contributed by atoms with Crippen molar-refractivity contribution < 1.29 is 0 Å². The van der Waals surface area contributed by atoms with Gasteiger partial charge in [0.25, 0.3) is 0 Å². The maximum Gasteiger partial charge on any atom is 0.131 e. The van der Waals surface area contributed by atoms with Crippen LogP contribution in [0.3, 0.4) is 0 Å². The molecule has 0 saturated heterocycles. The van der Waals surface area contributed by atoms with E-state index in [2.05, 4.69) is 16.9 Å². The lowest BCUT2D eigenvalue weighted by atomic mass is 9.82. The molecule has 1 heterocycles. The lowest BCUT2D eigenvalue weighted by Gasteiger charge is -2.25. The van der Waals surface area contributed by atoms with Crippen LogP contribution in [0.4, 0.5) is 0 Å². The highest BCUT2D eigenvalue weighted by Gasteiger charge is 2.22. The summed E-state index contributed by atoms with van der Waals surface area (Å²) in [6.07, 6.45) is 5.07. The van der Waals surface area contributed by atoms with Crippen LogP contribution in [-0.2, 0) is 6.54 Å². The summed E-state index contributed by atoms with van der Waals surface area (Å²) in [6, 6.07) is 1.98. The number of nitrogens with two attached hydrogens (primary N) is 1. The van der Waals surface area contributed by atoms with E-state index in [1.54, 1.807) is 0 Å². The van der Waals surface area contributed by atoms with Crippen molar-refractivity contribution in [2.24, 2.45) is 11.7 Å². The molecule has 88 valence electrons. The van der Waals surface area contributed by atoms with E-state index in [4.69, 9.17) is 5.73 Å². The van der Waals surface area contributed by atoms with E-state index in [-0.39, 0.29) is 0 Å². The van der Waals surface area contributed by atoms with Gasteiger partial charge in [-0.1, -0.05) is 19.8 Å². The highest BCUT2D eigenvalue weighted by atomic mass is 14.9. The number of rotatable bonds is 2. The summed E-state index contributed by atoms with van der Waals surface area (Å²) < 4.78 is 0. The van der Waals surface area contributed by atoms with Crippen molar-refractivity contribution in [1.82, 2.24) is 9.97 Å². The van der Waals surface area contributed by atoms with Gasteiger partial charge in [0, 0.05) is 18.2 Å². The lowest BCUT2D eigenvalue weighted by Crippen LogP contribution is -2.15. The maximum atomic E-state index is 5.65. The first kappa shape index (κ1) is 11.5. The molecule has 0 atom stereocenters. The zero-order valence-electron chi connectivity index (χ0n) is 10.2. The third kappa shape index (κ3) is 2.59. The topological polar surface area (TPSA) is 51.8 Å². The molecular weight excluding hydrogens is 198 g/mol. The molecule has 2 N–H and O–H groups in total. The van der Waals surface area contributed by atoms with E-state index >= 15 is 0 Å². The van der Waals surface area contributed by atoms with E-state index in [1.165, 1.54) is 25.7 Å². The van der Waals surface area contributed by atoms with Gasteiger partial charge in [-0.2, -0.15) is 0 Å². The molecule has 0 bridgehead atoms. The predicted octanol–water partition coefficient (Wildman–Crippen LogP) is 2.54. The first-order chi connectivity index (χ1) is 7.69. The van der Waals surface area contributed by atoms with Crippen molar-refractivity contribution in [2.75, 3.05) is 0 Å². The molecule has 0 aliphatic heterocycles. The van der Waals surface area contributed by atoms with Gasteiger partial charge < -0.3 is 5.73 Å². The van der Waals surface area contributed by atoms with Gasteiger partial charge in [0.15, 0.2) is 0 Å². The summed E-state index contributed by atoms with van der Waals surface area (Å²) in [7, 11) is 0. The van der Waals surface area contributed by atoms with Gasteiger partial charge in [0.2, 0.25) is 0 Å². The Morgan fingerprint density at radius 3 is 2.56 bits per heavy atom. The van der Waals surface area contributed by atoms with Gasteiger partial charge in [-0.3, -0.25) is 0 Å². The van der Waals surface area contributed by atoms with Crippen molar-refractivity contribution in [3.63, 3.8) is 0 Å². The minimum Gasteiger partial charge on any atom is -0.325 e. The Morgan fingerprint density at radius 2 is 1.94 bits per heavy atom. The fraction of sp³-hybridized carbons (Fsp3) is 0.692. The molecule has 0 amide bonds. The van der Waals surface area contributed by atoms with Crippen LogP contribution >= 0.6 is 0 Å². The van der Waals surface area contributed by atoms with E-state index < -0.39 is 0 Å². The second-order valence-electron chi connectivity index (χ2n) is 5.02. The molecule has 1 aromatic heterocycles. The van der Waals surface area contributed by atoms with Crippen LogP contribution in [0.1, 0.15) is 55.7 Å². The number of nitrogens with zero attached hydrogens (tertiary/aromatic N) is 2. The molecule has 2 rings (SSSR count). The molecule has 1 aliphatic carbocycles. The summed E-state index contributed by atoms with van der Waals surface area (Å²) in [5.74, 6) is 2.45. The lowest BCUT2D eigenvalue weighted by molar-refractivity contribution is 0.339. The summed E-state index contributed by atoms with van der Waals surface area (Å²) in [5, 5.41) is 0. The summed E-state index contributed by atoms with van der Waals surface area (Å²) in [6.45, 7) is 4.87. The van der Waals surface area contributed by atoms with E-state index in [1.807, 2.05) is 13.0 Å². The molecule has 0 radical (unpaired) electrons. The molecule has 1 saturated carbocycles. The van der Waals surface area contributed by atoms with E-state index in [0.717, 1.165) is 23.1 Å². The molecule has 3 heteroatoms. The Bertz CT molecular complexity index is 354. The largest absolute Gasteiger partial charge is 0.325 e. The molecule has 1 aromatic rings. The predicted molar refractivity (Wildman–Crippen MR) is 65.0 cm³/mol. The maximum absolute atomic E-state index is 5.65. The molecule has 0 spiro atoms. The molecular formula is C13H21N3. The minimum atomic E-state index is 0.513. The third-order valence-electron chi connectivity index (χ3n) is 3.51. The van der Waals surface area contributed by atoms with Crippen LogP contribution in [0.2, 0.25) is 0 Å². The van der Waals surface area contributed by atoms with Crippen LogP contribution in [0.15, 0.2) is 6.07 Å². The minimum absolute atomic E-state index is 0.513. The van der Waals surface area contributed by atoms with Gasteiger partial charge in [0.1, 0.15) is 5.82 Å². The molecule has 3 nitrogen and oxygen atoms in total. The van der Waals surface area contributed by atoms with Crippen molar-refractivity contribution >= 4 is 0 Å². The SMILES string of the molecule is Cc1cc(CN)nc(C2CCC(C)CC2)n1. The van der Waals surface area contributed by atoms with Crippen molar-refractivity contribution in [3.05, 3.63) is 23.3 Å². The third-order valence-corrected chi connectivity index (χ3v) is 3.51. The molecule has 0 unspecified atom stereocenters. The van der Waals surface area contributed by atoms with Gasteiger partial charge in [-0.25, -0.2) is 9.97 Å². The Hall–Kier alpha value is -0.960. The smallest absolute Gasteiger partial charge is 0.131 e. The highest BCUT2D eigenvalue weighted by Crippen LogP contribution is 2.33. The van der Waals surface area contributed by atoms with Crippen LogP contribution in [0, 0.1) is 12.8 Å². The van der Waals surface area contributed by atoms with Crippen LogP contribution in [0.5, 0.6) is 0 Å². The summed E-state index contributed by atoms with van der Waals surface area (Å²) in [5.41, 5.74) is 7.67. The van der Waals surface area contributed by atoms with Crippen LogP contribution in [0.25, 0.3) is 0 Å². The highest BCUT2D eigenvalue weighted by molar-refractivity contribution is 5.12. The number of aryl methyl sites for hydroxylation is 1. The quantitative estimate of drug-likeness (QED) is 0.831. The van der Waals surface area contributed by atoms with Crippen molar-refractivity contribution in [1.29, 1.82) is 0 Å². The summed E-state index contributed by atoms with van der Waals surface area (Å²) >= 11 is 0. The fourth-order valence-electron chi connectivity index (χ4n) is 2.46. The van der Waals surface area contributed by atoms with E-state index in [0.29, 0.717) is 12.5 Å². The van der Waals surface area contributed by atoms with Gasteiger partial charge >= 0.3 is 0 Å².